The van der Waals surface area contributed by atoms with E-state index in [1.54, 1.807) is 29.2 Å². The highest BCUT2D eigenvalue weighted by molar-refractivity contribution is 5.96. The van der Waals surface area contributed by atoms with Crippen molar-refractivity contribution < 1.29 is 9.59 Å². The third-order valence-corrected chi connectivity index (χ3v) is 3.21. The Hall–Kier alpha value is -2.96. The molecule has 2 N–H and O–H groups in total. The standard InChI is InChI=1S/C17H21N5O2/c1-12-9-14(21-17(20-12)22(2)3)10-18-15(23)11-19-16(24)13-7-5-4-6-8-13/h4-9H,10-11H2,1-3H3,(H,18,23)(H,19,24). The molecule has 0 spiro atoms. The maximum Gasteiger partial charge on any atom is 0.251 e. The van der Waals surface area contributed by atoms with Crippen molar-refractivity contribution in [3.8, 4) is 0 Å². The van der Waals surface area contributed by atoms with Crippen LogP contribution in [0.5, 0.6) is 0 Å². The van der Waals surface area contributed by atoms with Crippen LogP contribution in [0.1, 0.15) is 21.7 Å². The molecular formula is C17H21N5O2. The summed E-state index contributed by atoms with van der Waals surface area (Å²) in [5, 5.41) is 5.32. The zero-order chi connectivity index (χ0) is 17.5. The number of nitrogens with one attached hydrogen (secondary N) is 2. The number of aromatic nitrogens is 2. The molecule has 7 nitrogen and oxygen atoms in total. The molecule has 24 heavy (non-hydrogen) atoms. The van der Waals surface area contributed by atoms with E-state index in [0.29, 0.717) is 17.2 Å². The second kappa shape index (κ2) is 8.05. The summed E-state index contributed by atoms with van der Waals surface area (Å²) in [7, 11) is 3.71. The molecule has 0 radical (unpaired) electrons. The predicted molar refractivity (Wildman–Crippen MR) is 91.7 cm³/mol. The van der Waals surface area contributed by atoms with E-state index < -0.39 is 0 Å². The lowest BCUT2D eigenvalue weighted by atomic mass is 10.2. The van der Waals surface area contributed by atoms with Crippen LogP contribution in [0.3, 0.4) is 0 Å². The second-order valence-corrected chi connectivity index (χ2v) is 5.52. The molecule has 0 saturated heterocycles. The fourth-order valence-corrected chi connectivity index (χ4v) is 2.01. The molecule has 0 bridgehead atoms. The molecule has 7 heteroatoms. The monoisotopic (exact) mass is 327 g/mol. The molecule has 0 aliphatic rings. The lowest BCUT2D eigenvalue weighted by molar-refractivity contribution is -0.120. The van der Waals surface area contributed by atoms with Gasteiger partial charge in [-0.3, -0.25) is 9.59 Å². The van der Waals surface area contributed by atoms with Crippen molar-refractivity contribution in [1.82, 2.24) is 20.6 Å². The van der Waals surface area contributed by atoms with Gasteiger partial charge in [-0.05, 0) is 25.1 Å². The summed E-state index contributed by atoms with van der Waals surface area (Å²) < 4.78 is 0. The average molecular weight is 327 g/mol. The minimum Gasteiger partial charge on any atom is -0.349 e. The first-order valence-electron chi connectivity index (χ1n) is 7.57. The van der Waals surface area contributed by atoms with Crippen molar-refractivity contribution >= 4 is 17.8 Å². The maximum absolute atomic E-state index is 11.9. The molecular weight excluding hydrogens is 306 g/mol. The largest absolute Gasteiger partial charge is 0.349 e. The molecule has 2 amide bonds. The zero-order valence-electron chi connectivity index (χ0n) is 14.0. The van der Waals surface area contributed by atoms with Crippen LogP contribution in [0.15, 0.2) is 36.4 Å². The summed E-state index contributed by atoms with van der Waals surface area (Å²) in [6.07, 6.45) is 0. The maximum atomic E-state index is 11.9. The van der Waals surface area contributed by atoms with Gasteiger partial charge < -0.3 is 15.5 Å². The van der Waals surface area contributed by atoms with Gasteiger partial charge in [0.25, 0.3) is 5.91 Å². The molecule has 0 fully saturated rings. The molecule has 2 rings (SSSR count). The topological polar surface area (TPSA) is 87.2 Å². The Kier molecular flexibility index (Phi) is 5.83. The van der Waals surface area contributed by atoms with Gasteiger partial charge in [-0.2, -0.15) is 0 Å². The number of amides is 2. The number of aryl methyl sites for hydroxylation is 1. The predicted octanol–water partition coefficient (Wildman–Crippen LogP) is 0.897. The number of carbonyl (C=O) groups is 2. The summed E-state index contributed by atoms with van der Waals surface area (Å²) >= 11 is 0. The summed E-state index contributed by atoms with van der Waals surface area (Å²) in [6.45, 7) is 2.07. The number of hydrogen-bond donors (Lipinski definition) is 2. The minimum absolute atomic E-state index is 0.0850. The van der Waals surface area contributed by atoms with Crippen molar-refractivity contribution in [1.29, 1.82) is 0 Å². The summed E-state index contributed by atoms with van der Waals surface area (Å²) in [5.41, 5.74) is 2.07. The number of rotatable bonds is 6. The highest BCUT2D eigenvalue weighted by Crippen LogP contribution is 2.07. The minimum atomic E-state index is -0.279. The van der Waals surface area contributed by atoms with Gasteiger partial charge in [-0.15, -0.1) is 0 Å². The third-order valence-electron chi connectivity index (χ3n) is 3.21. The molecule has 126 valence electrons. The van der Waals surface area contributed by atoms with Crippen LogP contribution in [0, 0.1) is 6.92 Å². The van der Waals surface area contributed by atoms with Crippen LogP contribution in [-0.2, 0) is 11.3 Å². The number of carbonyl (C=O) groups excluding carboxylic acids is 2. The van der Waals surface area contributed by atoms with Gasteiger partial charge in [0, 0.05) is 25.4 Å². The normalized spacial score (nSPS) is 10.1. The van der Waals surface area contributed by atoms with Crippen LogP contribution in [0.2, 0.25) is 0 Å². The van der Waals surface area contributed by atoms with Crippen LogP contribution in [0.4, 0.5) is 5.95 Å². The van der Waals surface area contributed by atoms with Crippen molar-refractivity contribution in [2.24, 2.45) is 0 Å². The van der Waals surface area contributed by atoms with Gasteiger partial charge in [0.1, 0.15) is 0 Å². The van der Waals surface area contributed by atoms with Crippen molar-refractivity contribution in [2.45, 2.75) is 13.5 Å². The first-order valence-corrected chi connectivity index (χ1v) is 7.57. The third kappa shape index (κ3) is 5.05. The van der Waals surface area contributed by atoms with Gasteiger partial charge in [-0.1, -0.05) is 18.2 Å². The van der Waals surface area contributed by atoms with Crippen LogP contribution < -0.4 is 15.5 Å². The van der Waals surface area contributed by atoms with Crippen molar-refractivity contribution in [2.75, 3.05) is 25.5 Å². The average Bonchev–Trinajstić information content (AvgIpc) is 2.58. The summed E-state index contributed by atoms with van der Waals surface area (Å²) in [4.78, 5) is 34.2. The van der Waals surface area contributed by atoms with Gasteiger partial charge in [0.15, 0.2) is 0 Å². The molecule has 2 aromatic rings. The quantitative estimate of drug-likeness (QED) is 0.823. The van der Waals surface area contributed by atoms with Crippen LogP contribution in [-0.4, -0.2) is 42.4 Å². The SMILES string of the molecule is Cc1cc(CNC(=O)CNC(=O)c2ccccc2)nc(N(C)C)n1. The number of anilines is 1. The molecule has 1 heterocycles. The number of benzene rings is 1. The number of hydrogen-bond acceptors (Lipinski definition) is 5. The molecule has 1 aromatic heterocycles. The Morgan fingerprint density at radius 1 is 1.08 bits per heavy atom. The van der Waals surface area contributed by atoms with E-state index in [0.717, 1.165) is 5.69 Å². The summed E-state index contributed by atoms with van der Waals surface area (Å²) in [6, 6.07) is 10.6. The Morgan fingerprint density at radius 3 is 2.46 bits per heavy atom. The molecule has 1 aromatic carbocycles. The Morgan fingerprint density at radius 2 is 1.79 bits per heavy atom. The van der Waals surface area contributed by atoms with E-state index in [1.165, 1.54) is 0 Å². The molecule has 0 saturated carbocycles. The highest BCUT2D eigenvalue weighted by atomic mass is 16.2. The Balaban J connectivity index is 1.84. The van der Waals surface area contributed by atoms with Crippen LogP contribution >= 0.6 is 0 Å². The first-order chi connectivity index (χ1) is 11.5. The van der Waals surface area contributed by atoms with E-state index in [-0.39, 0.29) is 24.9 Å². The van der Waals surface area contributed by atoms with Crippen molar-refractivity contribution in [3.63, 3.8) is 0 Å². The van der Waals surface area contributed by atoms with E-state index in [1.807, 2.05) is 33.2 Å². The van der Waals surface area contributed by atoms with Gasteiger partial charge in [0.2, 0.25) is 11.9 Å². The lowest BCUT2D eigenvalue weighted by Crippen LogP contribution is -2.36. The summed E-state index contributed by atoms with van der Waals surface area (Å²) in [5.74, 6) is 0.0390. The van der Waals surface area contributed by atoms with E-state index in [4.69, 9.17) is 0 Å². The fraction of sp³-hybridized carbons (Fsp3) is 0.294. The van der Waals surface area contributed by atoms with E-state index in [9.17, 15) is 9.59 Å². The van der Waals surface area contributed by atoms with E-state index >= 15 is 0 Å². The zero-order valence-corrected chi connectivity index (χ0v) is 14.0. The molecule has 0 aliphatic heterocycles. The van der Waals surface area contributed by atoms with Gasteiger partial charge >= 0.3 is 0 Å². The fourth-order valence-electron chi connectivity index (χ4n) is 2.01. The molecule has 0 unspecified atom stereocenters. The lowest BCUT2D eigenvalue weighted by Gasteiger charge is -2.13. The first kappa shape index (κ1) is 17.4. The smallest absolute Gasteiger partial charge is 0.251 e. The van der Waals surface area contributed by atoms with Crippen molar-refractivity contribution in [3.05, 3.63) is 53.3 Å². The van der Waals surface area contributed by atoms with Crippen LogP contribution in [0.25, 0.3) is 0 Å². The second-order valence-electron chi connectivity index (χ2n) is 5.52. The molecule has 0 aliphatic carbocycles. The van der Waals surface area contributed by atoms with Gasteiger partial charge in [-0.25, -0.2) is 9.97 Å². The Bertz CT molecular complexity index is 716. The molecule has 0 atom stereocenters. The Labute approximate surface area is 141 Å². The van der Waals surface area contributed by atoms with E-state index in [2.05, 4.69) is 20.6 Å². The van der Waals surface area contributed by atoms with Gasteiger partial charge in [0.05, 0.1) is 18.8 Å². The highest BCUT2D eigenvalue weighted by Gasteiger charge is 2.09. The number of nitrogens with zero attached hydrogens (tertiary/aromatic N) is 3.